The Balaban J connectivity index is 2.01. The van der Waals surface area contributed by atoms with Crippen LogP contribution in [0.2, 0.25) is 0 Å². The van der Waals surface area contributed by atoms with Crippen molar-refractivity contribution in [2.24, 2.45) is 11.7 Å². The van der Waals surface area contributed by atoms with Crippen molar-refractivity contribution < 1.29 is 4.79 Å². The molecular formula is C16H24N2O. The van der Waals surface area contributed by atoms with Gasteiger partial charge in [0, 0.05) is 6.04 Å². The van der Waals surface area contributed by atoms with E-state index >= 15 is 0 Å². The smallest absolute Gasteiger partial charge is 0.227 e. The van der Waals surface area contributed by atoms with Crippen molar-refractivity contribution in [1.29, 1.82) is 0 Å². The van der Waals surface area contributed by atoms with Gasteiger partial charge in [-0.25, -0.2) is 0 Å². The first kappa shape index (κ1) is 14.1. The van der Waals surface area contributed by atoms with E-state index in [9.17, 15) is 4.79 Å². The molecular weight excluding hydrogens is 236 g/mol. The average Bonchev–Trinajstić information content (AvgIpc) is 2.88. The number of carbonyl (C=O) groups is 1. The van der Waals surface area contributed by atoms with Crippen molar-refractivity contribution in [2.45, 2.75) is 44.6 Å². The normalized spacial score (nSPS) is 24.1. The second-order valence-electron chi connectivity index (χ2n) is 5.41. The van der Waals surface area contributed by atoms with Crippen LogP contribution in [0.1, 0.15) is 44.1 Å². The van der Waals surface area contributed by atoms with Crippen LogP contribution in [0.15, 0.2) is 30.3 Å². The summed E-state index contributed by atoms with van der Waals surface area (Å²) in [6.45, 7) is 2.74. The highest BCUT2D eigenvalue weighted by Gasteiger charge is 2.29. The molecule has 0 radical (unpaired) electrons. The van der Waals surface area contributed by atoms with Crippen LogP contribution in [0.25, 0.3) is 0 Å². The molecule has 0 bridgehead atoms. The third kappa shape index (κ3) is 3.35. The molecule has 3 nitrogen and oxygen atoms in total. The fourth-order valence-corrected chi connectivity index (χ4v) is 3.05. The van der Waals surface area contributed by atoms with Gasteiger partial charge in [0.25, 0.3) is 0 Å². The van der Waals surface area contributed by atoms with E-state index in [4.69, 9.17) is 5.73 Å². The number of carbonyl (C=O) groups excluding carboxylic acids is 1. The number of amides is 1. The maximum atomic E-state index is 12.4. The van der Waals surface area contributed by atoms with Gasteiger partial charge in [-0.05, 0) is 37.3 Å². The molecule has 1 aliphatic rings. The molecule has 1 aliphatic carbocycles. The van der Waals surface area contributed by atoms with Crippen LogP contribution in [-0.2, 0) is 4.79 Å². The van der Waals surface area contributed by atoms with E-state index in [0.29, 0.717) is 12.5 Å². The second kappa shape index (κ2) is 6.71. The predicted molar refractivity (Wildman–Crippen MR) is 77.8 cm³/mol. The van der Waals surface area contributed by atoms with Crippen molar-refractivity contribution in [3.8, 4) is 0 Å². The summed E-state index contributed by atoms with van der Waals surface area (Å²) in [4.78, 5) is 12.4. The van der Waals surface area contributed by atoms with Gasteiger partial charge in [0.2, 0.25) is 5.91 Å². The van der Waals surface area contributed by atoms with E-state index in [0.717, 1.165) is 24.8 Å². The predicted octanol–water partition coefficient (Wildman–Crippen LogP) is 2.42. The molecule has 0 heterocycles. The van der Waals surface area contributed by atoms with Crippen LogP contribution in [0.5, 0.6) is 0 Å². The molecule has 1 fully saturated rings. The van der Waals surface area contributed by atoms with E-state index in [1.807, 2.05) is 30.3 Å². The fraction of sp³-hybridized carbons (Fsp3) is 0.562. The molecule has 1 amide bonds. The molecule has 3 atom stereocenters. The van der Waals surface area contributed by atoms with Crippen molar-refractivity contribution in [3.05, 3.63) is 35.9 Å². The number of nitrogens with one attached hydrogen (secondary N) is 1. The summed E-state index contributed by atoms with van der Waals surface area (Å²) in [5, 5.41) is 3.21. The lowest BCUT2D eigenvalue weighted by molar-refractivity contribution is -0.123. The Morgan fingerprint density at radius 2 is 2.11 bits per heavy atom. The van der Waals surface area contributed by atoms with E-state index in [-0.39, 0.29) is 17.9 Å². The Morgan fingerprint density at radius 3 is 2.74 bits per heavy atom. The Labute approximate surface area is 115 Å². The summed E-state index contributed by atoms with van der Waals surface area (Å²) >= 11 is 0. The minimum atomic E-state index is -0.0415. The monoisotopic (exact) mass is 260 g/mol. The van der Waals surface area contributed by atoms with Gasteiger partial charge < -0.3 is 11.1 Å². The largest absolute Gasteiger partial charge is 0.353 e. The first-order valence-electron chi connectivity index (χ1n) is 7.31. The summed E-state index contributed by atoms with van der Waals surface area (Å²) in [6, 6.07) is 10.3. The Kier molecular flexibility index (Phi) is 4.97. The van der Waals surface area contributed by atoms with Gasteiger partial charge in [-0.15, -0.1) is 0 Å². The Bertz CT molecular complexity index is 404. The van der Waals surface area contributed by atoms with Gasteiger partial charge >= 0.3 is 0 Å². The number of benzene rings is 1. The van der Waals surface area contributed by atoms with Crippen LogP contribution >= 0.6 is 0 Å². The second-order valence-corrected chi connectivity index (χ2v) is 5.41. The van der Waals surface area contributed by atoms with Crippen molar-refractivity contribution in [3.63, 3.8) is 0 Å². The van der Waals surface area contributed by atoms with Crippen LogP contribution in [-0.4, -0.2) is 18.5 Å². The van der Waals surface area contributed by atoms with Crippen LogP contribution in [0.4, 0.5) is 0 Å². The quantitative estimate of drug-likeness (QED) is 0.854. The van der Waals surface area contributed by atoms with E-state index in [1.54, 1.807) is 0 Å². The van der Waals surface area contributed by atoms with Gasteiger partial charge in [0.05, 0.1) is 5.92 Å². The maximum absolute atomic E-state index is 12.4. The summed E-state index contributed by atoms with van der Waals surface area (Å²) in [5.74, 6) is 0.566. The first-order chi connectivity index (χ1) is 9.26. The minimum absolute atomic E-state index is 0.0415. The lowest BCUT2D eigenvalue weighted by Gasteiger charge is -2.23. The molecule has 1 aromatic carbocycles. The summed E-state index contributed by atoms with van der Waals surface area (Å²) in [5.41, 5.74) is 6.87. The van der Waals surface area contributed by atoms with E-state index < -0.39 is 0 Å². The Hall–Kier alpha value is -1.35. The van der Waals surface area contributed by atoms with Crippen LogP contribution in [0.3, 0.4) is 0 Å². The molecule has 1 saturated carbocycles. The first-order valence-corrected chi connectivity index (χ1v) is 7.31. The third-order valence-electron chi connectivity index (χ3n) is 4.22. The average molecular weight is 260 g/mol. The highest BCUT2D eigenvalue weighted by Crippen LogP contribution is 2.26. The lowest BCUT2D eigenvalue weighted by Crippen LogP contribution is -2.42. The number of hydrogen-bond donors (Lipinski definition) is 2. The van der Waals surface area contributed by atoms with Crippen molar-refractivity contribution in [2.75, 3.05) is 6.54 Å². The topological polar surface area (TPSA) is 55.1 Å². The molecule has 0 spiro atoms. The molecule has 0 aromatic heterocycles. The van der Waals surface area contributed by atoms with Crippen LogP contribution in [0, 0.1) is 5.92 Å². The summed E-state index contributed by atoms with van der Waals surface area (Å²) < 4.78 is 0. The number of rotatable bonds is 5. The summed E-state index contributed by atoms with van der Waals surface area (Å²) in [7, 11) is 0. The summed E-state index contributed by atoms with van der Waals surface area (Å²) in [6.07, 6.45) is 4.22. The molecule has 3 N–H and O–H groups in total. The highest BCUT2D eigenvalue weighted by molar-refractivity contribution is 5.83. The molecule has 1 aromatic rings. The van der Waals surface area contributed by atoms with Crippen LogP contribution < -0.4 is 11.1 Å². The molecule has 3 unspecified atom stereocenters. The zero-order chi connectivity index (χ0) is 13.7. The zero-order valence-corrected chi connectivity index (χ0v) is 11.6. The van der Waals surface area contributed by atoms with Gasteiger partial charge in [0.15, 0.2) is 0 Å². The van der Waals surface area contributed by atoms with E-state index in [2.05, 4.69) is 12.2 Å². The van der Waals surface area contributed by atoms with Gasteiger partial charge in [0.1, 0.15) is 0 Å². The standard InChI is InChI=1S/C16H24N2O/c1-2-14(12-7-4-3-5-8-12)16(19)18-15-10-6-9-13(15)11-17/h3-5,7-8,13-15H,2,6,9-11,17H2,1H3,(H,18,19). The van der Waals surface area contributed by atoms with E-state index in [1.165, 1.54) is 6.42 Å². The Morgan fingerprint density at radius 1 is 1.37 bits per heavy atom. The maximum Gasteiger partial charge on any atom is 0.227 e. The van der Waals surface area contributed by atoms with Gasteiger partial charge in [-0.2, -0.15) is 0 Å². The molecule has 0 saturated heterocycles. The molecule has 19 heavy (non-hydrogen) atoms. The minimum Gasteiger partial charge on any atom is -0.353 e. The van der Waals surface area contributed by atoms with Gasteiger partial charge in [-0.1, -0.05) is 43.7 Å². The molecule has 104 valence electrons. The van der Waals surface area contributed by atoms with Crippen molar-refractivity contribution in [1.82, 2.24) is 5.32 Å². The number of nitrogens with two attached hydrogens (primary N) is 1. The SMILES string of the molecule is CCC(C(=O)NC1CCCC1CN)c1ccccc1. The molecule has 2 rings (SSSR count). The van der Waals surface area contributed by atoms with Gasteiger partial charge in [-0.3, -0.25) is 4.79 Å². The zero-order valence-electron chi connectivity index (χ0n) is 11.6. The molecule has 3 heteroatoms. The fourth-order valence-electron chi connectivity index (χ4n) is 3.05. The molecule has 0 aliphatic heterocycles. The lowest BCUT2D eigenvalue weighted by atomic mass is 9.94. The van der Waals surface area contributed by atoms with Crippen molar-refractivity contribution >= 4 is 5.91 Å². The number of hydrogen-bond acceptors (Lipinski definition) is 2. The third-order valence-corrected chi connectivity index (χ3v) is 4.22. The highest BCUT2D eigenvalue weighted by atomic mass is 16.1.